The van der Waals surface area contributed by atoms with Gasteiger partial charge in [-0.05, 0) is 17.7 Å². The minimum atomic E-state index is -5.40. The standard InChI is InChI=1S/C15H14O21S5/c16-37(17,18)32-8-4-11-9(12(5-8)34-39(22,23)24)6-14(36-41(28,29)30)15(31-11)7-1-2-10(33-38(19,20)21)13(3-7)35-40(25,26)27/h1-5,14-15H,6H2,(H,16,17,18)(H,19,20,21)(H,22,23,24)(H,25,26,27)(H,28,29,30)/t14-,15-/m1/s1. The summed E-state index contributed by atoms with van der Waals surface area (Å²) in [4.78, 5) is 0. The second-order valence-corrected chi connectivity index (χ2v) is 12.6. The molecule has 3 rings (SSSR count). The van der Waals surface area contributed by atoms with E-state index < -0.39 is 110 Å². The maximum Gasteiger partial charge on any atom is 0.446 e. The molecule has 1 heterocycles. The van der Waals surface area contributed by atoms with Gasteiger partial charge in [0, 0.05) is 24.1 Å². The van der Waals surface area contributed by atoms with Gasteiger partial charge in [-0.3, -0.25) is 22.8 Å². The monoisotopic (exact) mass is 690 g/mol. The summed E-state index contributed by atoms with van der Waals surface area (Å²) in [5.41, 5.74) is -0.875. The van der Waals surface area contributed by atoms with E-state index in [1.54, 1.807) is 0 Å². The third-order valence-electron chi connectivity index (χ3n) is 4.47. The summed E-state index contributed by atoms with van der Waals surface area (Å²) >= 11 is 0. The van der Waals surface area contributed by atoms with Crippen molar-refractivity contribution >= 4 is 52.0 Å². The Labute approximate surface area is 230 Å². The predicted molar refractivity (Wildman–Crippen MR) is 125 cm³/mol. The van der Waals surface area contributed by atoms with E-state index >= 15 is 0 Å². The van der Waals surface area contributed by atoms with Gasteiger partial charge in [0.15, 0.2) is 29.1 Å². The van der Waals surface area contributed by atoms with Gasteiger partial charge >= 0.3 is 52.0 Å². The van der Waals surface area contributed by atoms with Crippen molar-refractivity contribution in [1.29, 1.82) is 0 Å². The Kier molecular flexibility index (Phi) is 8.69. The maximum absolute atomic E-state index is 11.5. The van der Waals surface area contributed by atoms with Crippen LogP contribution in [0.5, 0.6) is 28.7 Å². The summed E-state index contributed by atoms with van der Waals surface area (Å²) in [6.07, 6.45) is -4.58. The van der Waals surface area contributed by atoms with E-state index in [-0.39, 0.29) is 0 Å². The molecule has 1 aliphatic rings. The second kappa shape index (κ2) is 11.0. The SMILES string of the molecule is O=S(=O)(O)Oc1cc2c(c(OS(=O)(=O)O)c1)C[C@@H](OS(=O)(=O)O)[C@@H](c1ccc(OS(=O)(=O)O)c(OS(=O)(=O)O)c1)O2. The number of ether oxygens (including phenoxy) is 1. The quantitative estimate of drug-likeness (QED) is 0.181. The molecule has 230 valence electrons. The average Bonchev–Trinajstić information content (AvgIpc) is 2.69. The van der Waals surface area contributed by atoms with Gasteiger partial charge in [0.2, 0.25) is 0 Å². The third kappa shape index (κ3) is 10.1. The Hall–Kier alpha value is -3.05. The molecular formula is C15H14O21S5. The zero-order valence-corrected chi connectivity index (χ0v) is 23.1. The fourth-order valence-corrected chi connectivity index (χ4v) is 5.28. The van der Waals surface area contributed by atoms with E-state index in [1.165, 1.54) is 0 Å². The first-order valence-corrected chi connectivity index (χ1v) is 16.5. The van der Waals surface area contributed by atoms with E-state index in [4.69, 9.17) is 22.9 Å². The van der Waals surface area contributed by atoms with Crippen molar-refractivity contribution in [3.05, 3.63) is 41.5 Å². The Balaban J connectivity index is 2.23. The van der Waals surface area contributed by atoms with Crippen LogP contribution < -0.4 is 21.5 Å². The Morgan fingerprint density at radius 2 is 1.12 bits per heavy atom. The molecule has 2 atom stereocenters. The number of rotatable bonds is 11. The molecule has 21 nitrogen and oxygen atoms in total. The zero-order valence-electron chi connectivity index (χ0n) is 19.1. The molecule has 2 aromatic carbocycles. The van der Waals surface area contributed by atoms with Crippen molar-refractivity contribution < 1.29 is 90.5 Å². The molecule has 0 amide bonds. The first kappa shape index (κ1) is 32.5. The highest BCUT2D eigenvalue weighted by atomic mass is 32.3. The molecule has 0 aliphatic carbocycles. The average molecular weight is 691 g/mol. The van der Waals surface area contributed by atoms with Crippen molar-refractivity contribution in [3.63, 3.8) is 0 Å². The number of fused-ring (bicyclic) bond motifs is 1. The molecule has 0 spiro atoms. The molecular weight excluding hydrogens is 676 g/mol. The number of benzene rings is 2. The highest BCUT2D eigenvalue weighted by Gasteiger charge is 2.39. The molecule has 1 aliphatic heterocycles. The van der Waals surface area contributed by atoms with Crippen molar-refractivity contribution in [2.24, 2.45) is 0 Å². The summed E-state index contributed by atoms with van der Waals surface area (Å²) in [6.45, 7) is 0. The third-order valence-corrected chi connectivity index (χ3v) is 6.53. The molecule has 2 aromatic rings. The van der Waals surface area contributed by atoms with Crippen LogP contribution in [0, 0.1) is 0 Å². The van der Waals surface area contributed by atoms with Gasteiger partial charge in [0.05, 0.1) is 0 Å². The summed E-state index contributed by atoms with van der Waals surface area (Å²) in [5, 5.41) is 0. The molecule has 41 heavy (non-hydrogen) atoms. The summed E-state index contributed by atoms with van der Waals surface area (Å²) < 4.78 is 185. The van der Waals surface area contributed by atoms with Crippen LogP contribution in [0.2, 0.25) is 0 Å². The van der Waals surface area contributed by atoms with E-state index in [2.05, 4.69) is 20.9 Å². The van der Waals surface area contributed by atoms with Crippen molar-refractivity contribution in [3.8, 4) is 28.7 Å². The molecule has 5 N–H and O–H groups in total. The van der Waals surface area contributed by atoms with E-state index in [0.717, 1.165) is 6.07 Å². The van der Waals surface area contributed by atoms with Crippen molar-refractivity contribution in [2.75, 3.05) is 0 Å². The lowest BCUT2D eigenvalue weighted by Crippen LogP contribution is -2.35. The van der Waals surface area contributed by atoms with Crippen molar-refractivity contribution in [1.82, 2.24) is 0 Å². The lowest BCUT2D eigenvalue weighted by molar-refractivity contribution is 0.0337. The highest BCUT2D eigenvalue weighted by Crippen LogP contribution is 2.45. The lowest BCUT2D eigenvalue weighted by atomic mass is 9.94. The summed E-state index contributed by atoms with van der Waals surface area (Å²) in [5.74, 6) is -4.60. The fourth-order valence-electron chi connectivity index (χ4n) is 3.37. The normalized spacial score (nSPS) is 18.1. The number of hydrogen-bond acceptors (Lipinski definition) is 16. The van der Waals surface area contributed by atoms with Crippen LogP contribution in [-0.2, 0) is 62.6 Å². The maximum atomic E-state index is 11.5. The second-order valence-electron chi connectivity index (χ2n) is 7.45. The lowest BCUT2D eigenvalue weighted by Gasteiger charge is -2.33. The van der Waals surface area contributed by atoms with Gasteiger partial charge in [-0.2, -0.15) is 42.1 Å². The van der Waals surface area contributed by atoms with Gasteiger partial charge in [-0.1, -0.05) is 6.07 Å². The van der Waals surface area contributed by atoms with Crippen LogP contribution in [0.25, 0.3) is 0 Å². The molecule has 0 radical (unpaired) electrons. The van der Waals surface area contributed by atoms with E-state index in [1.807, 2.05) is 0 Å². The highest BCUT2D eigenvalue weighted by molar-refractivity contribution is 7.82. The molecule has 26 heteroatoms. The minimum Gasteiger partial charge on any atom is -0.482 e. The molecule has 0 saturated heterocycles. The van der Waals surface area contributed by atoms with Crippen LogP contribution in [0.3, 0.4) is 0 Å². The largest absolute Gasteiger partial charge is 0.482 e. The van der Waals surface area contributed by atoms with Gasteiger partial charge < -0.3 is 21.5 Å². The predicted octanol–water partition coefficient (Wildman–Crippen LogP) is -0.723. The van der Waals surface area contributed by atoms with Crippen molar-refractivity contribution in [2.45, 2.75) is 18.6 Å². The fraction of sp³-hybridized carbons (Fsp3) is 0.200. The Morgan fingerprint density at radius 3 is 1.63 bits per heavy atom. The summed E-state index contributed by atoms with van der Waals surface area (Å²) in [7, 11) is -26.6. The Bertz CT molecular complexity index is 1890. The topological polar surface area (TPSA) is 327 Å². The van der Waals surface area contributed by atoms with Gasteiger partial charge in [0.1, 0.15) is 11.9 Å². The molecule has 0 saturated carbocycles. The first-order valence-electron chi connectivity index (χ1n) is 9.68. The first-order chi connectivity index (χ1) is 18.4. The summed E-state index contributed by atoms with van der Waals surface area (Å²) in [6, 6.07) is 3.24. The van der Waals surface area contributed by atoms with Crippen LogP contribution in [0.4, 0.5) is 0 Å². The molecule has 0 bridgehead atoms. The van der Waals surface area contributed by atoms with Crippen LogP contribution in [0.1, 0.15) is 17.2 Å². The molecule has 0 fully saturated rings. The minimum absolute atomic E-state index is 0.413. The number of hydrogen-bond donors (Lipinski definition) is 5. The Morgan fingerprint density at radius 1 is 0.610 bits per heavy atom. The smallest absolute Gasteiger partial charge is 0.446 e. The molecule has 0 unspecified atom stereocenters. The van der Waals surface area contributed by atoms with Gasteiger partial charge in [0.25, 0.3) is 0 Å². The zero-order chi connectivity index (χ0) is 31.2. The molecule has 0 aromatic heterocycles. The van der Waals surface area contributed by atoms with Gasteiger partial charge in [-0.25, -0.2) is 4.18 Å². The van der Waals surface area contributed by atoms with Crippen LogP contribution in [0.15, 0.2) is 30.3 Å². The van der Waals surface area contributed by atoms with E-state index in [9.17, 15) is 46.6 Å². The van der Waals surface area contributed by atoms with E-state index in [0.29, 0.717) is 24.3 Å². The van der Waals surface area contributed by atoms with Crippen LogP contribution in [-0.4, -0.2) is 71.0 Å². The van der Waals surface area contributed by atoms with Crippen LogP contribution >= 0.6 is 0 Å². The van der Waals surface area contributed by atoms with Gasteiger partial charge in [-0.15, -0.1) is 0 Å².